The fourth-order valence-electron chi connectivity index (χ4n) is 2.39. The lowest BCUT2D eigenvalue weighted by Crippen LogP contribution is -2.43. The maximum Gasteiger partial charge on any atom is 0.309 e. The van der Waals surface area contributed by atoms with Crippen LogP contribution in [-0.4, -0.2) is 48.4 Å². The van der Waals surface area contributed by atoms with E-state index in [1.54, 1.807) is 7.05 Å². The van der Waals surface area contributed by atoms with E-state index in [0.29, 0.717) is 19.4 Å². The van der Waals surface area contributed by atoms with Crippen molar-refractivity contribution in [1.29, 1.82) is 0 Å². The first-order valence-electron chi connectivity index (χ1n) is 6.22. The van der Waals surface area contributed by atoms with Crippen molar-refractivity contribution >= 4 is 21.8 Å². The standard InChI is InChI=1S/C11H18N4O4S/c1-14-7-13-9(12)10(14)20(17,18)15-5-3-4-8(6-15)11(16)19-2/h7-8H,3-6,12H2,1-2H3. The fraction of sp³-hybridized carbons (Fsp3) is 0.636. The van der Waals surface area contributed by atoms with Gasteiger partial charge in [-0.25, -0.2) is 13.4 Å². The van der Waals surface area contributed by atoms with Crippen LogP contribution in [0.15, 0.2) is 11.4 Å². The number of sulfonamides is 1. The van der Waals surface area contributed by atoms with Crippen molar-refractivity contribution < 1.29 is 17.9 Å². The molecule has 1 unspecified atom stereocenters. The SMILES string of the molecule is COC(=O)C1CCCN(S(=O)(=O)c2c(N)ncn2C)C1. The number of aromatic nitrogens is 2. The predicted octanol–water partition coefficient (Wildman–Crippen LogP) is -0.424. The molecule has 0 aliphatic carbocycles. The molecule has 1 aromatic rings. The molecule has 1 aliphatic heterocycles. The Balaban J connectivity index is 2.28. The van der Waals surface area contributed by atoms with E-state index >= 15 is 0 Å². The summed E-state index contributed by atoms with van der Waals surface area (Å²) in [5, 5.41) is -0.0389. The molecule has 20 heavy (non-hydrogen) atoms. The van der Waals surface area contributed by atoms with Crippen LogP contribution in [0, 0.1) is 5.92 Å². The van der Waals surface area contributed by atoms with Gasteiger partial charge >= 0.3 is 5.97 Å². The summed E-state index contributed by atoms with van der Waals surface area (Å²) in [6.45, 7) is 0.472. The maximum atomic E-state index is 12.6. The number of nitrogens with two attached hydrogens (primary N) is 1. The Hall–Kier alpha value is -1.61. The van der Waals surface area contributed by atoms with Crippen LogP contribution in [0.2, 0.25) is 0 Å². The summed E-state index contributed by atoms with van der Waals surface area (Å²) in [4.78, 5) is 15.4. The van der Waals surface area contributed by atoms with Crippen LogP contribution in [0.4, 0.5) is 5.82 Å². The molecule has 9 heteroatoms. The lowest BCUT2D eigenvalue weighted by molar-refractivity contribution is -0.146. The monoisotopic (exact) mass is 302 g/mol. The molecule has 0 spiro atoms. The minimum absolute atomic E-state index is 0.0345. The van der Waals surface area contributed by atoms with Crippen molar-refractivity contribution in [3.63, 3.8) is 0 Å². The summed E-state index contributed by atoms with van der Waals surface area (Å²) >= 11 is 0. The first-order valence-corrected chi connectivity index (χ1v) is 7.66. The van der Waals surface area contributed by atoms with Gasteiger partial charge in [0.2, 0.25) is 0 Å². The lowest BCUT2D eigenvalue weighted by Gasteiger charge is -2.30. The molecule has 1 saturated heterocycles. The van der Waals surface area contributed by atoms with E-state index < -0.39 is 15.9 Å². The number of hydrogen-bond donors (Lipinski definition) is 1. The molecule has 0 amide bonds. The Morgan fingerprint density at radius 3 is 2.80 bits per heavy atom. The largest absolute Gasteiger partial charge is 0.469 e. The number of nitrogens with zero attached hydrogens (tertiary/aromatic N) is 3. The van der Waals surface area contributed by atoms with Crippen LogP contribution in [-0.2, 0) is 26.6 Å². The molecule has 1 atom stereocenters. The Morgan fingerprint density at radius 2 is 2.25 bits per heavy atom. The quantitative estimate of drug-likeness (QED) is 0.760. The normalized spacial score (nSPS) is 20.8. The van der Waals surface area contributed by atoms with Crippen molar-refractivity contribution in [3.05, 3.63) is 6.33 Å². The molecule has 112 valence electrons. The third-order valence-corrected chi connectivity index (χ3v) is 5.41. The first kappa shape index (κ1) is 14.8. The Kier molecular flexibility index (Phi) is 4.00. The minimum atomic E-state index is -3.75. The van der Waals surface area contributed by atoms with E-state index in [4.69, 9.17) is 5.73 Å². The highest BCUT2D eigenvalue weighted by molar-refractivity contribution is 7.89. The number of carbonyl (C=O) groups is 1. The van der Waals surface area contributed by atoms with Gasteiger partial charge in [0.1, 0.15) is 0 Å². The topological polar surface area (TPSA) is 108 Å². The molecule has 0 radical (unpaired) electrons. The van der Waals surface area contributed by atoms with Gasteiger partial charge in [-0.2, -0.15) is 4.31 Å². The molecule has 1 fully saturated rings. The molecule has 8 nitrogen and oxygen atoms in total. The molecular formula is C11H18N4O4S. The van der Waals surface area contributed by atoms with Crippen LogP contribution < -0.4 is 5.73 Å². The molecule has 1 aromatic heterocycles. The van der Waals surface area contributed by atoms with Crippen LogP contribution in [0.25, 0.3) is 0 Å². The smallest absolute Gasteiger partial charge is 0.309 e. The van der Waals surface area contributed by atoms with Crippen LogP contribution in [0.3, 0.4) is 0 Å². The Labute approximate surface area is 117 Å². The van der Waals surface area contributed by atoms with E-state index in [-0.39, 0.29) is 23.4 Å². The van der Waals surface area contributed by atoms with Crippen molar-refractivity contribution in [2.75, 3.05) is 25.9 Å². The molecule has 2 heterocycles. The molecular weight excluding hydrogens is 284 g/mol. The number of ether oxygens (including phenoxy) is 1. The van der Waals surface area contributed by atoms with Crippen LogP contribution >= 0.6 is 0 Å². The maximum absolute atomic E-state index is 12.6. The number of methoxy groups -OCH3 is 1. The summed E-state index contributed by atoms with van der Waals surface area (Å²) in [6, 6.07) is 0. The van der Waals surface area contributed by atoms with E-state index in [1.807, 2.05) is 0 Å². The zero-order valence-electron chi connectivity index (χ0n) is 11.4. The first-order chi connectivity index (χ1) is 9.37. The molecule has 0 aromatic carbocycles. The average molecular weight is 302 g/mol. The summed E-state index contributed by atoms with van der Waals surface area (Å²) in [5.41, 5.74) is 5.63. The van der Waals surface area contributed by atoms with E-state index in [1.165, 1.54) is 22.3 Å². The Morgan fingerprint density at radius 1 is 1.55 bits per heavy atom. The zero-order chi connectivity index (χ0) is 14.9. The average Bonchev–Trinajstić information content (AvgIpc) is 2.78. The molecule has 0 bridgehead atoms. The summed E-state index contributed by atoms with van der Waals surface area (Å²) < 4.78 is 32.5. The van der Waals surface area contributed by atoms with Gasteiger partial charge in [0.25, 0.3) is 10.0 Å². The van der Waals surface area contributed by atoms with Gasteiger partial charge in [-0.1, -0.05) is 0 Å². The van der Waals surface area contributed by atoms with Crippen molar-refractivity contribution in [2.45, 2.75) is 17.9 Å². The van der Waals surface area contributed by atoms with Gasteiger partial charge < -0.3 is 15.0 Å². The second-order valence-corrected chi connectivity index (χ2v) is 6.62. The lowest BCUT2D eigenvalue weighted by atomic mass is 10.0. The van der Waals surface area contributed by atoms with Gasteiger partial charge in [0.05, 0.1) is 19.4 Å². The van der Waals surface area contributed by atoms with E-state index in [9.17, 15) is 13.2 Å². The number of rotatable bonds is 3. The van der Waals surface area contributed by atoms with Gasteiger partial charge in [0.15, 0.2) is 10.8 Å². The van der Waals surface area contributed by atoms with Crippen LogP contribution in [0.5, 0.6) is 0 Å². The fourth-order valence-corrected chi connectivity index (χ4v) is 4.11. The summed E-state index contributed by atoms with van der Waals surface area (Å²) in [6.07, 6.45) is 2.58. The molecule has 1 aliphatic rings. The van der Waals surface area contributed by atoms with Crippen LogP contribution in [0.1, 0.15) is 12.8 Å². The number of aryl methyl sites for hydroxylation is 1. The van der Waals surface area contributed by atoms with E-state index in [0.717, 1.165) is 0 Å². The number of anilines is 1. The third-order valence-electron chi connectivity index (χ3n) is 3.41. The number of imidazole rings is 1. The number of nitrogen functional groups attached to an aromatic ring is 1. The molecule has 2 N–H and O–H groups in total. The van der Waals surface area contributed by atoms with E-state index in [2.05, 4.69) is 9.72 Å². The van der Waals surface area contributed by atoms with Gasteiger partial charge in [-0.15, -0.1) is 0 Å². The summed E-state index contributed by atoms with van der Waals surface area (Å²) in [7, 11) is -0.886. The van der Waals surface area contributed by atoms with Gasteiger partial charge in [-0.05, 0) is 12.8 Å². The summed E-state index contributed by atoms with van der Waals surface area (Å²) in [5.74, 6) is -0.853. The highest BCUT2D eigenvalue weighted by atomic mass is 32.2. The third kappa shape index (κ3) is 2.50. The van der Waals surface area contributed by atoms with Gasteiger partial charge in [-0.3, -0.25) is 4.79 Å². The second kappa shape index (κ2) is 5.41. The predicted molar refractivity (Wildman–Crippen MR) is 71.1 cm³/mol. The highest BCUT2D eigenvalue weighted by Crippen LogP contribution is 2.26. The van der Waals surface area contributed by atoms with Crippen molar-refractivity contribution in [2.24, 2.45) is 13.0 Å². The number of hydrogen-bond acceptors (Lipinski definition) is 6. The minimum Gasteiger partial charge on any atom is -0.469 e. The number of piperidine rings is 1. The number of esters is 1. The molecule has 2 rings (SSSR count). The van der Waals surface area contributed by atoms with Crippen molar-refractivity contribution in [1.82, 2.24) is 13.9 Å². The highest BCUT2D eigenvalue weighted by Gasteiger charge is 2.36. The van der Waals surface area contributed by atoms with Gasteiger partial charge in [0, 0.05) is 20.1 Å². The second-order valence-electron chi connectivity index (χ2n) is 4.77. The number of carbonyl (C=O) groups excluding carboxylic acids is 1. The van der Waals surface area contributed by atoms with Crippen molar-refractivity contribution in [3.8, 4) is 0 Å². The molecule has 0 saturated carbocycles. The Bertz CT molecular complexity index is 590. The zero-order valence-corrected chi connectivity index (χ0v) is 12.3.